The van der Waals surface area contributed by atoms with Crippen molar-refractivity contribution in [3.05, 3.63) is 81.4 Å². The summed E-state index contributed by atoms with van der Waals surface area (Å²) >= 11 is 0.630. The Morgan fingerprint density at radius 1 is 1.08 bits per heavy atom. The number of thiophene rings is 1. The lowest BCUT2D eigenvalue weighted by Gasteiger charge is -2.09. The van der Waals surface area contributed by atoms with Crippen molar-refractivity contribution in [2.24, 2.45) is 0 Å². The first kappa shape index (κ1) is 23.0. The summed E-state index contributed by atoms with van der Waals surface area (Å²) in [4.78, 5) is 31.5. The van der Waals surface area contributed by atoms with Crippen LogP contribution in [-0.4, -0.2) is 40.4 Å². The van der Waals surface area contributed by atoms with Gasteiger partial charge in [0.25, 0.3) is 11.9 Å². The van der Waals surface area contributed by atoms with Gasteiger partial charge in [-0.2, -0.15) is 33.3 Å². The summed E-state index contributed by atoms with van der Waals surface area (Å²) < 4.78 is 54.7. The molecule has 4 aromatic heterocycles. The average molecular weight is 518 g/mol. The fraction of sp³-hybridized carbons (Fsp3) is 0.0500. The second-order valence-corrected chi connectivity index (χ2v) is 8.20. The van der Waals surface area contributed by atoms with Crippen molar-refractivity contribution in [2.75, 3.05) is 5.32 Å². The molecule has 1 aromatic carbocycles. The topological polar surface area (TPSA) is 134 Å². The fourth-order valence-electron chi connectivity index (χ4n) is 3.17. The molecule has 182 valence electrons. The number of halogens is 4. The molecule has 5 rings (SSSR count). The van der Waals surface area contributed by atoms with Gasteiger partial charge < -0.3 is 5.32 Å². The molecule has 11 nitrogen and oxygen atoms in total. The van der Waals surface area contributed by atoms with Crippen molar-refractivity contribution in [2.45, 2.75) is 6.18 Å². The second kappa shape index (κ2) is 8.49. The lowest BCUT2D eigenvalue weighted by molar-refractivity contribution is -0.380. The number of anilines is 1. The molecule has 1 amide bonds. The fourth-order valence-corrected chi connectivity index (χ4v) is 3.88. The van der Waals surface area contributed by atoms with Crippen molar-refractivity contribution < 1.29 is 27.3 Å². The van der Waals surface area contributed by atoms with Crippen LogP contribution in [0.1, 0.15) is 15.4 Å². The number of rotatable bonds is 5. The maximum Gasteiger partial charge on any atom is 0.435 e. The first-order valence-corrected chi connectivity index (χ1v) is 10.6. The van der Waals surface area contributed by atoms with Gasteiger partial charge in [0.2, 0.25) is 0 Å². The van der Waals surface area contributed by atoms with Gasteiger partial charge in [0.1, 0.15) is 11.6 Å². The highest BCUT2D eigenvalue weighted by Gasteiger charge is 2.34. The van der Waals surface area contributed by atoms with Crippen molar-refractivity contribution in [3.8, 4) is 11.6 Å². The third-order valence-corrected chi connectivity index (χ3v) is 5.84. The van der Waals surface area contributed by atoms with Crippen LogP contribution < -0.4 is 5.32 Å². The van der Waals surface area contributed by atoms with Crippen molar-refractivity contribution in [3.63, 3.8) is 0 Å². The van der Waals surface area contributed by atoms with Gasteiger partial charge >= 0.3 is 11.2 Å². The molecule has 0 fully saturated rings. The molecule has 4 heterocycles. The van der Waals surface area contributed by atoms with E-state index in [9.17, 15) is 32.5 Å². The molecule has 0 unspecified atom stereocenters. The van der Waals surface area contributed by atoms with Crippen LogP contribution in [0.15, 0.2) is 54.9 Å². The molecule has 0 aliphatic rings. The molecule has 0 aliphatic carbocycles. The molecule has 0 atom stereocenters. The van der Waals surface area contributed by atoms with Crippen LogP contribution >= 0.6 is 11.3 Å². The Kier molecular flexibility index (Phi) is 5.43. The van der Waals surface area contributed by atoms with E-state index in [1.165, 1.54) is 41.2 Å². The van der Waals surface area contributed by atoms with Crippen LogP contribution in [0.5, 0.6) is 0 Å². The maximum absolute atomic E-state index is 13.4. The minimum atomic E-state index is -4.71. The number of amides is 1. The molecule has 0 radical (unpaired) electrons. The van der Waals surface area contributed by atoms with Gasteiger partial charge in [0.05, 0.1) is 27.1 Å². The molecule has 5 aromatic rings. The van der Waals surface area contributed by atoms with Crippen LogP contribution in [0.25, 0.3) is 22.7 Å². The SMILES string of the molecule is O=C(Nc1nc(-n2ccc(C(F)(F)F)n2)nc2c1cnn2-c1ccc(F)cc1)c1ccc([N+](=O)[O-])s1. The molecule has 0 bridgehead atoms. The van der Waals surface area contributed by atoms with E-state index in [0.717, 1.165) is 23.0 Å². The summed E-state index contributed by atoms with van der Waals surface area (Å²) in [6.45, 7) is 0. The number of nitrogens with one attached hydrogen (secondary N) is 1. The Labute approximate surface area is 200 Å². The largest absolute Gasteiger partial charge is 0.435 e. The van der Waals surface area contributed by atoms with Crippen LogP contribution in [0.4, 0.5) is 28.4 Å². The summed E-state index contributed by atoms with van der Waals surface area (Å²) in [5.74, 6) is -1.70. The molecule has 0 saturated carbocycles. The quantitative estimate of drug-likeness (QED) is 0.207. The first-order valence-electron chi connectivity index (χ1n) is 9.81. The standard InChI is InChI=1S/C20H10F4N8O3S/c21-10-1-3-11(4-2-10)31-17-12(9-25-31)16(26-18(33)13-5-6-15(36-13)32(34)35)27-19(28-17)30-8-7-14(29-30)20(22,23)24/h1-9H,(H,26,27,28,33). The third-order valence-electron chi connectivity index (χ3n) is 4.80. The summed E-state index contributed by atoms with van der Waals surface area (Å²) in [5.41, 5.74) is -0.739. The number of hydrogen-bond acceptors (Lipinski definition) is 8. The molecule has 0 saturated heterocycles. The van der Waals surface area contributed by atoms with Gasteiger partial charge in [-0.25, -0.2) is 13.8 Å². The monoisotopic (exact) mass is 518 g/mol. The zero-order chi connectivity index (χ0) is 25.6. The molecule has 0 aliphatic heterocycles. The van der Waals surface area contributed by atoms with Gasteiger partial charge in [-0.05, 0) is 36.4 Å². The third kappa shape index (κ3) is 4.24. The molecule has 1 N–H and O–H groups in total. The van der Waals surface area contributed by atoms with Crippen LogP contribution in [-0.2, 0) is 6.18 Å². The number of nitro groups is 1. The molecule has 16 heteroatoms. The van der Waals surface area contributed by atoms with Crippen LogP contribution in [0.2, 0.25) is 0 Å². The molecular weight excluding hydrogens is 508 g/mol. The van der Waals surface area contributed by atoms with E-state index in [0.29, 0.717) is 17.0 Å². The lowest BCUT2D eigenvalue weighted by atomic mass is 10.3. The van der Waals surface area contributed by atoms with Crippen molar-refractivity contribution in [1.29, 1.82) is 0 Å². The van der Waals surface area contributed by atoms with Gasteiger partial charge in [0.15, 0.2) is 11.3 Å². The number of carbonyl (C=O) groups excluding carboxylic acids is 1. The van der Waals surface area contributed by atoms with E-state index < -0.39 is 28.5 Å². The number of alkyl halides is 3. The van der Waals surface area contributed by atoms with E-state index in [-0.39, 0.29) is 32.7 Å². The number of fused-ring (bicyclic) bond motifs is 1. The minimum Gasteiger partial charge on any atom is -0.305 e. The Bertz CT molecular complexity index is 1620. The average Bonchev–Trinajstić information content (AvgIpc) is 3.58. The smallest absolute Gasteiger partial charge is 0.305 e. The second-order valence-electron chi connectivity index (χ2n) is 7.13. The van der Waals surface area contributed by atoms with Crippen LogP contribution in [0.3, 0.4) is 0 Å². The van der Waals surface area contributed by atoms with E-state index in [1.807, 2.05) is 0 Å². The Morgan fingerprint density at radius 2 is 1.83 bits per heavy atom. The summed E-state index contributed by atoms with van der Waals surface area (Å²) in [7, 11) is 0. The first-order chi connectivity index (χ1) is 17.1. The summed E-state index contributed by atoms with van der Waals surface area (Å²) in [6.07, 6.45) is -2.41. The Morgan fingerprint density at radius 3 is 2.47 bits per heavy atom. The highest BCUT2D eigenvalue weighted by Crippen LogP contribution is 2.30. The molecular formula is C20H10F4N8O3S. The Hall–Kier alpha value is -4.73. The van der Waals surface area contributed by atoms with E-state index >= 15 is 0 Å². The van der Waals surface area contributed by atoms with Gasteiger partial charge in [-0.1, -0.05) is 11.3 Å². The zero-order valence-corrected chi connectivity index (χ0v) is 18.3. The van der Waals surface area contributed by atoms with Gasteiger partial charge in [-0.15, -0.1) is 0 Å². The number of benzene rings is 1. The van der Waals surface area contributed by atoms with Gasteiger partial charge in [-0.3, -0.25) is 14.9 Å². The van der Waals surface area contributed by atoms with E-state index in [1.54, 1.807) is 0 Å². The Balaban J connectivity index is 1.63. The van der Waals surface area contributed by atoms with Gasteiger partial charge in [0, 0.05) is 12.3 Å². The summed E-state index contributed by atoms with van der Waals surface area (Å²) in [5, 5.41) is 21.0. The van der Waals surface area contributed by atoms with Crippen molar-refractivity contribution in [1.82, 2.24) is 29.5 Å². The highest BCUT2D eigenvalue weighted by molar-refractivity contribution is 7.17. The predicted octanol–water partition coefficient (Wildman–Crippen LogP) is 4.38. The highest BCUT2D eigenvalue weighted by atomic mass is 32.1. The molecule has 0 spiro atoms. The lowest BCUT2D eigenvalue weighted by Crippen LogP contribution is -2.14. The number of aromatic nitrogens is 6. The normalized spacial score (nSPS) is 11.7. The predicted molar refractivity (Wildman–Crippen MR) is 118 cm³/mol. The number of hydrogen-bond donors (Lipinski definition) is 1. The number of nitrogens with zero attached hydrogens (tertiary/aromatic N) is 7. The molecule has 36 heavy (non-hydrogen) atoms. The van der Waals surface area contributed by atoms with E-state index in [2.05, 4.69) is 25.5 Å². The number of carbonyl (C=O) groups is 1. The zero-order valence-electron chi connectivity index (χ0n) is 17.5. The minimum absolute atomic E-state index is 0.000569. The summed E-state index contributed by atoms with van der Waals surface area (Å²) in [6, 6.07) is 8.32. The van der Waals surface area contributed by atoms with Crippen LogP contribution in [0, 0.1) is 15.9 Å². The van der Waals surface area contributed by atoms with E-state index in [4.69, 9.17) is 0 Å². The maximum atomic E-state index is 13.4. The van der Waals surface area contributed by atoms with Crippen molar-refractivity contribution >= 4 is 39.1 Å².